The van der Waals surface area contributed by atoms with E-state index in [4.69, 9.17) is 14.2 Å². The van der Waals surface area contributed by atoms with Crippen molar-refractivity contribution >= 4 is 17.4 Å². The lowest BCUT2D eigenvalue weighted by atomic mass is 9.85. The molecule has 1 fully saturated rings. The zero-order valence-corrected chi connectivity index (χ0v) is 22.3. The van der Waals surface area contributed by atoms with Crippen LogP contribution in [-0.2, 0) is 15.0 Å². The van der Waals surface area contributed by atoms with Crippen LogP contribution < -0.4 is 14.2 Å². The number of amides is 1. The van der Waals surface area contributed by atoms with Crippen LogP contribution >= 0.6 is 0 Å². The van der Waals surface area contributed by atoms with Gasteiger partial charge in [-0.1, -0.05) is 39.0 Å². The van der Waals surface area contributed by atoms with Gasteiger partial charge in [-0.2, -0.15) is 0 Å². The molecule has 0 aliphatic carbocycles. The first kappa shape index (κ1) is 27.1. The maximum atomic E-state index is 13.5. The fraction of sp³-hybridized carbons (Fsp3) is 0.429. The first-order valence-corrected chi connectivity index (χ1v) is 11.8. The summed E-state index contributed by atoms with van der Waals surface area (Å²) in [5.74, 6) is -0.484. The Bertz CT molecular complexity index is 1180. The van der Waals surface area contributed by atoms with Crippen LogP contribution in [0.25, 0.3) is 5.76 Å². The van der Waals surface area contributed by atoms with Crippen LogP contribution in [0.3, 0.4) is 0 Å². The van der Waals surface area contributed by atoms with Crippen LogP contribution in [-0.4, -0.2) is 75.1 Å². The number of aliphatic hydroxyl groups is 1. The lowest BCUT2D eigenvalue weighted by molar-refractivity contribution is -0.140. The zero-order chi connectivity index (χ0) is 26.8. The third-order valence-electron chi connectivity index (χ3n) is 6.38. The standard InChI is InChI=1S/C28H36N2O6/c1-28(2,3)17-12-13-20(34-6)19(16-17)24(31)22-23(18-10-9-11-21(35-7)26(18)36-8)30(15-14-29(4)5)27(33)25(22)32/h9-13,16,23,31H,14-15H2,1-8H3/b24-22+. The lowest BCUT2D eigenvalue weighted by Crippen LogP contribution is -2.35. The number of rotatable bonds is 8. The van der Waals surface area contributed by atoms with Gasteiger partial charge in [0.15, 0.2) is 11.5 Å². The fourth-order valence-electron chi connectivity index (χ4n) is 4.37. The molecule has 1 atom stereocenters. The van der Waals surface area contributed by atoms with Crippen LogP contribution in [0.5, 0.6) is 17.2 Å². The predicted octanol–water partition coefficient (Wildman–Crippen LogP) is 3.99. The summed E-state index contributed by atoms with van der Waals surface area (Å²) in [6, 6.07) is 9.90. The number of ether oxygens (including phenoxy) is 3. The highest BCUT2D eigenvalue weighted by Crippen LogP contribution is 2.46. The van der Waals surface area contributed by atoms with Gasteiger partial charge in [0, 0.05) is 18.7 Å². The van der Waals surface area contributed by atoms with Crippen LogP contribution in [0.4, 0.5) is 0 Å². The number of likely N-dealkylation sites (N-methyl/N-ethyl adjacent to an activating group) is 1. The molecule has 194 valence electrons. The summed E-state index contributed by atoms with van der Waals surface area (Å²) < 4.78 is 16.7. The van der Waals surface area contributed by atoms with Gasteiger partial charge in [0.05, 0.1) is 38.5 Å². The molecule has 1 aliphatic heterocycles. The molecule has 1 saturated heterocycles. The number of benzene rings is 2. The van der Waals surface area contributed by atoms with Crippen molar-refractivity contribution in [3.63, 3.8) is 0 Å². The summed E-state index contributed by atoms with van der Waals surface area (Å²) in [6.45, 7) is 6.97. The monoisotopic (exact) mass is 496 g/mol. The Hall–Kier alpha value is -3.52. The molecule has 3 rings (SSSR count). The topological polar surface area (TPSA) is 88.5 Å². The van der Waals surface area contributed by atoms with Gasteiger partial charge in [0.1, 0.15) is 11.5 Å². The number of methoxy groups -OCH3 is 3. The van der Waals surface area contributed by atoms with Crippen molar-refractivity contribution in [1.29, 1.82) is 0 Å². The Morgan fingerprint density at radius 3 is 2.22 bits per heavy atom. The summed E-state index contributed by atoms with van der Waals surface area (Å²) in [4.78, 5) is 30.2. The highest BCUT2D eigenvalue weighted by atomic mass is 16.5. The van der Waals surface area contributed by atoms with Crippen molar-refractivity contribution in [2.75, 3.05) is 48.5 Å². The molecule has 8 heteroatoms. The van der Waals surface area contributed by atoms with Crippen LogP contribution in [0.1, 0.15) is 43.5 Å². The molecule has 0 bridgehead atoms. The quantitative estimate of drug-likeness (QED) is 0.336. The van der Waals surface area contributed by atoms with Crippen molar-refractivity contribution < 1.29 is 28.9 Å². The number of ketones is 1. The zero-order valence-electron chi connectivity index (χ0n) is 22.3. The molecule has 0 spiro atoms. The Labute approximate surface area is 213 Å². The Kier molecular flexibility index (Phi) is 7.99. The predicted molar refractivity (Wildman–Crippen MR) is 139 cm³/mol. The van der Waals surface area contributed by atoms with E-state index in [0.29, 0.717) is 34.9 Å². The number of likely N-dealkylation sites (tertiary alicyclic amines) is 1. The Morgan fingerprint density at radius 1 is 1.00 bits per heavy atom. The summed E-state index contributed by atoms with van der Waals surface area (Å²) >= 11 is 0. The number of carbonyl (C=O) groups excluding carboxylic acids is 2. The number of hydrogen-bond donors (Lipinski definition) is 1. The molecule has 1 N–H and O–H groups in total. The van der Waals surface area contributed by atoms with Crippen molar-refractivity contribution in [2.45, 2.75) is 32.2 Å². The van der Waals surface area contributed by atoms with Crippen molar-refractivity contribution in [3.05, 3.63) is 58.7 Å². The lowest BCUT2D eigenvalue weighted by Gasteiger charge is -2.28. The van der Waals surface area contributed by atoms with E-state index >= 15 is 0 Å². The second kappa shape index (κ2) is 10.6. The molecule has 1 aliphatic rings. The maximum absolute atomic E-state index is 13.5. The van der Waals surface area contributed by atoms with Gasteiger partial charge in [-0.05, 0) is 43.3 Å². The van der Waals surface area contributed by atoms with Crippen molar-refractivity contribution in [3.8, 4) is 17.2 Å². The van der Waals surface area contributed by atoms with E-state index in [2.05, 4.69) is 20.8 Å². The largest absolute Gasteiger partial charge is 0.507 e. The molecule has 2 aromatic carbocycles. The third-order valence-corrected chi connectivity index (χ3v) is 6.38. The second-order valence-electron chi connectivity index (χ2n) is 10.0. The van der Waals surface area contributed by atoms with Gasteiger partial charge >= 0.3 is 0 Å². The SMILES string of the molecule is COc1ccc(C(C)(C)C)cc1/C(O)=C1\C(=O)C(=O)N(CCN(C)C)C1c1cccc(OC)c1OC. The van der Waals surface area contributed by atoms with E-state index in [9.17, 15) is 14.7 Å². The summed E-state index contributed by atoms with van der Waals surface area (Å²) in [5, 5.41) is 11.6. The molecular weight excluding hydrogens is 460 g/mol. The van der Waals surface area contributed by atoms with E-state index in [1.165, 1.54) is 26.2 Å². The first-order chi connectivity index (χ1) is 17.0. The molecule has 1 amide bonds. The summed E-state index contributed by atoms with van der Waals surface area (Å²) in [7, 11) is 8.30. The minimum Gasteiger partial charge on any atom is -0.507 e. The van der Waals surface area contributed by atoms with E-state index in [-0.39, 0.29) is 23.3 Å². The molecule has 0 aromatic heterocycles. The maximum Gasteiger partial charge on any atom is 0.295 e. The molecule has 1 unspecified atom stereocenters. The van der Waals surface area contributed by atoms with Gasteiger partial charge in [-0.15, -0.1) is 0 Å². The number of para-hydroxylation sites is 1. The van der Waals surface area contributed by atoms with E-state index in [1.54, 1.807) is 30.3 Å². The Morgan fingerprint density at radius 2 is 1.67 bits per heavy atom. The first-order valence-electron chi connectivity index (χ1n) is 11.8. The highest BCUT2D eigenvalue weighted by molar-refractivity contribution is 6.46. The van der Waals surface area contributed by atoms with Gasteiger partial charge in [-0.25, -0.2) is 0 Å². The van der Waals surface area contributed by atoms with Crippen LogP contribution in [0.15, 0.2) is 42.0 Å². The van der Waals surface area contributed by atoms with Crippen molar-refractivity contribution in [2.24, 2.45) is 0 Å². The van der Waals surface area contributed by atoms with Gasteiger partial charge < -0.3 is 29.1 Å². The normalized spacial score (nSPS) is 17.6. The Balaban J connectivity index is 2.33. The molecule has 2 aromatic rings. The number of nitrogens with zero attached hydrogens (tertiary/aromatic N) is 2. The average molecular weight is 497 g/mol. The number of hydrogen-bond acceptors (Lipinski definition) is 7. The van der Waals surface area contributed by atoms with Gasteiger partial charge in [0.25, 0.3) is 11.7 Å². The second-order valence-corrected chi connectivity index (χ2v) is 10.0. The molecule has 8 nitrogen and oxygen atoms in total. The third kappa shape index (κ3) is 5.04. The van der Waals surface area contributed by atoms with Gasteiger partial charge in [-0.3, -0.25) is 9.59 Å². The summed E-state index contributed by atoms with van der Waals surface area (Å²) in [6.07, 6.45) is 0. The molecular formula is C28H36N2O6. The minimum atomic E-state index is -0.877. The minimum absolute atomic E-state index is 0.0188. The number of carbonyl (C=O) groups is 2. The molecule has 0 radical (unpaired) electrons. The van der Waals surface area contributed by atoms with E-state index in [0.717, 1.165) is 5.56 Å². The van der Waals surface area contributed by atoms with E-state index < -0.39 is 17.7 Å². The summed E-state index contributed by atoms with van der Waals surface area (Å²) in [5.41, 5.74) is 1.61. The van der Waals surface area contributed by atoms with Crippen LogP contribution in [0, 0.1) is 0 Å². The molecule has 1 heterocycles. The number of aliphatic hydroxyl groups excluding tert-OH is 1. The van der Waals surface area contributed by atoms with Crippen LogP contribution in [0.2, 0.25) is 0 Å². The van der Waals surface area contributed by atoms with Crippen molar-refractivity contribution in [1.82, 2.24) is 9.80 Å². The fourth-order valence-corrected chi connectivity index (χ4v) is 4.37. The number of Topliss-reactive ketones (excluding diaryl/α,β-unsaturated/α-hetero) is 1. The molecule has 0 saturated carbocycles. The highest BCUT2D eigenvalue weighted by Gasteiger charge is 2.47. The molecule has 36 heavy (non-hydrogen) atoms. The average Bonchev–Trinajstić information content (AvgIpc) is 3.10. The van der Waals surface area contributed by atoms with Gasteiger partial charge in [0.2, 0.25) is 0 Å². The van der Waals surface area contributed by atoms with E-state index in [1.807, 2.05) is 25.1 Å². The smallest absolute Gasteiger partial charge is 0.295 e.